The van der Waals surface area contributed by atoms with Crippen LogP contribution < -0.4 is 9.47 Å². The van der Waals surface area contributed by atoms with Gasteiger partial charge < -0.3 is 9.47 Å². The van der Waals surface area contributed by atoms with E-state index in [0.29, 0.717) is 6.04 Å². The quantitative estimate of drug-likeness (QED) is 0.423. The highest BCUT2D eigenvalue weighted by atomic mass is 16.5. The number of piperazine rings is 1. The molecule has 0 radical (unpaired) electrons. The first-order valence-electron chi connectivity index (χ1n) is 13.4. The third-order valence-electron chi connectivity index (χ3n) is 7.66. The Hall–Kier alpha value is -3.23. The van der Waals surface area contributed by atoms with E-state index in [1.54, 1.807) is 14.2 Å². The van der Waals surface area contributed by atoms with Gasteiger partial charge in [-0.05, 0) is 34.9 Å². The predicted octanol–water partition coefficient (Wildman–Crippen LogP) is 4.62. The Morgan fingerprint density at radius 2 is 1.70 bits per heavy atom. The molecule has 0 N–H and O–H groups in total. The Kier molecular flexibility index (Phi) is 8.48. The van der Waals surface area contributed by atoms with Gasteiger partial charge in [-0.15, -0.1) is 5.10 Å². The normalized spacial score (nSPS) is 18.8. The molecule has 1 aliphatic carbocycles. The van der Waals surface area contributed by atoms with E-state index < -0.39 is 0 Å². The fraction of sp³-hybridized carbons (Fsp3) is 0.483. The lowest BCUT2D eigenvalue weighted by atomic mass is 9.94. The van der Waals surface area contributed by atoms with E-state index in [0.717, 1.165) is 68.5 Å². The standard InChI is InChI=1S/C29H38N6O2/c1-36-26-17-9-16-25(28(26)37-2)27(29-30-31-32-35(29)24-14-7-4-8-15-24)34-21-19-33(20-22-34)18-10-13-23-11-5-3-6-12-23/h3,5-6,9-13,16-17,24,27H,4,7-8,14-15,18-22H2,1-2H3/b13-10+. The van der Waals surface area contributed by atoms with Crippen LogP contribution in [0.4, 0.5) is 0 Å². The minimum Gasteiger partial charge on any atom is -0.493 e. The highest BCUT2D eigenvalue weighted by Gasteiger charge is 2.35. The van der Waals surface area contributed by atoms with Crippen molar-refractivity contribution in [3.05, 3.63) is 71.6 Å². The molecule has 1 unspecified atom stereocenters. The summed E-state index contributed by atoms with van der Waals surface area (Å²) < 4.78 is 13.6. The smallest absolute Gasteiger partial charge is 0.173 e. The molecule has 2 aromatic carbocycles. The number of para-hydroxylation sites is 1. The van der Waals surface area contributed by atoms with Crippen molar-refractivity contribution in [3.8, 4) is 11.5 Å². The van der Waals surface area contributed by atoms with E-state index in [-0.39, 0.29) is 6.04 Å². The Balaban J connectivity index is 1.38. The summed E-state index contributed by atoms with van der Waals surface area (Å²) in [6, 6.07) is 16.8. The second kappa shape index (κ2) is 12.3. The van der Waals surface area contributed by atoms with E-state index in [4.69, 9.17) is 9.47 Å². The minimum atomic E-state index is -0.107. The van der Waals surface area contributed by atoms with Gasteiger partial charge >= 0.3 is 0 Å². The highest BCUT2D eigenvalue weighted by molar-refractivity contribution is 5.50. The topological polar surface area (TPSA) is 68.5 Å². The molecule has 8 heteroatoms. The Morgan fingerprint density at radius 3 is 2.43 bits per heavy atom. The van der Waals surface area contributed by atoms with E-state index in [1.165, 1.54) is 24.8 Å². The lowest BCUT2D eigenvalue weighted by Gasteiger charge is -2.39. The van der Waals surface area contributed by atoms with Crippen LogP contribution in [0.3, 0.4) is 0 Å². The molecule has 1 aromatic heterocycles. The fourth-order valence-electron chi connectivity index (χ4n) is 5.70. The number of aromatic nitrogens is 4. The molecule has 2 heterocycles. The summed E-state index contributed by atoms with van der Waals surface area (Å²) in [5.74, 6) is 2.38. The average Bonchev–Trinajstić information content (AvgIpc) is 3.44. The molecule has 8 nitrogen and oxygen atoms in total. The van der Waals surface area contributed by atoms with E-state index in [2.05, 4.69) is 78.6 Å². The van der Waals surface area contributed by atoms with Crippen molar-refractivity contribution in [3.63, 3.8) is 0 Å². The van der Waals surface area contributed by atoms with Gasteiger partial charge in [0.1, 0.15) is 6.04 Å². The molecule has 5 rings (SSSR count). The number of nitrogens with zero attached hydrogens (tertiary/aromatic N) is 6. The third-order valence-corrected chi connectivity index (χ3v) is 7.66. The SMILES string of the molecule is COc1cccc(C(c2nnnn2C2CCCCC2)N2CCN(C/C=C/c3ccccc3)CC2)c1OC. The summed E-state index contributed by atoms with van der Waals surface area (Å²) in [4.78, 5) is 5.00. The van der Waals surface area contributed by atoms with Crippen molar-refractivity contribution in [1.29, 1.82) is 0 Å². The number of benzene rings is 2. The van der Waals surface area contributed by atoms with Crippen LogP contribution in [0.25, 0.3) is 6.08 Å². The van der Waals surface area contributed by atoms with Gasteiger partial charge in [-0.2, -0.15) is 0 Å². The molecule has 1 saturated carbocycles. The molecule has 2 aliphatic rings. The Labute approximate surface area is 219 Å². The first kappa shape index (κ1) is 25.4. The van der Waals surface area contributed by atoms with Gasteiger partial charge in [-0.3, -0.25) is 9.80 Å². The van der Waals surface area contributed by atoms with Gasteiger partial charge in [-0.25, -0.2) is 4.68 Å². The lowest BCUT2D eigenvalue weighted by Crippen LogP contribution is -2.48. The molecule has 0 bridgehead atoms. The van der Waals surface area contributed by atoms with E-state index in [9.17, 15) is 0 Å². The monoisotopic (exact) mass is 502 g/mol. The van der Waals surface area contributed by atoms with Crippen molar-refractivity contribution < 1.29 is 9.47 Å². The zero-order chi connectivity index (χ0) is 25.5. The van der Waals surface area contributed by atoms with Crippen LogP contribution in [0.5, 0.6) is 11.5 Å². The van der Waals surface area contributed by atoms with Gasteiger partial charge in [0, 0.05) is 38.3 Å². The number of hydrogen-bond donors (Lipinski definition) is 0. The van der Waals surface area contributed by atoms with Gasteiger partial charge in [0.15, 0.2) is 17.3 Å². The van der Waals surface area contributed by atoms with Crippen LogP contribution in [0.1, 0.15) is 61.1 Å². The highest BCUT2D eigenvalue weighted by Crippen LogP contribution is 2.41. The second-order valence-electron chi connectivity index (χ2n) is 9.91. The van der Waals surface area contributed by atoms with Crippen LogP contribution in [0, 0.1) is 0 Å². The molecule has 196 valence electrons. The maximum atomic E-state index is 5.89. The summed E-state index contributed by atoms with van der Waals surface area (Å²) in [6.45, 7) is 4.74. The fourth-order valence-corrected chi connectivity index (χ4v) is 5.70. The summed E-state index contributed by atoms with van der Waals surface area (Å²) in [5.41, 5.74) is 2.28. The van der Waals surface area contributed by atoms with Crippen LogP contribution in [-0.2, 0) is 0 Å². The second-order valence-corrected chi connectivity index (χ2v) is 9.91. The number of hydrogen-bond acceptors (Lipinski definition) is 7. The molecular formula is C29H38N6O2. The van der Waals surface area contributed by atoms with Crippen molar-refractivity contribution in [2.24, 2.45) is 0 Å². The minimum absolute atomic E-state index is 0.107. The summed E-state index contributed by atoms with van der Waals surface area (Å²) in [7, 11) is 3.39. The third kappa shape index (κ3) is 5.86. The first-order chi connectivity index (χ1) is 18.3. The molecule has 2 fully saturated rings. The summed E-state index contributed by atoms with van der Waals surface area (Å²) in [6.07, 6.45) is 10.5. The van der Waals surface area contributed by atoms with Crippen molar-refractivity contribution >= 4 is 6.08 Å². The van der Waals surface area contributed by atoms with Gasteiger partial charge in [0.05, 0.1) is 20.3 Å². The van der Waals surface area contributed by atoms with E-state index in [1.807, 2.05) is 12.1 Å². The van der Waals surface area contributed by atoms with Gasteiger partial charge in [0.2, 0.25) is 0 Å². The Morgan fingerprint density at radius 1 is 0.919 bits per heavy atom. The van der Waals surface area contributed by atoms with E-state index >= 15 is 0 Å². The molecule has 0 amide bonds. The van der Waals surface area contributed by atoms with Crippen LogP contribution in [-0.4, -0.2) is 77.0 Å². The van der Waals surface area contributed by atoms with Crippen molar-refractivity contribution in [1.82, 2.24) is 30.0 Å². The number of rotatable bonds is 9. The largest absolute Gasteiger partial charge is 0.493 e. The predicted molar refractivity (Wildman–Crippen MR) is 145 cm³/mol. The molecule has 1 atom stereocenters. The van der Waals surface area contributed by atoms with Gasteiger partial charge in [0.25, 0.3) is 0 Å². The summed E-state index contributed by atoms with van der Waals surface area (Å²) in [5, 5.41) is 13.3. The molecule has 3 aromatic rings. The van der Waals surface area contributed by atoms with Crippen molar-refractivity contribution in [2.75, 3.05) is 46.9 Å². The maximum absolute atomic E-state index is 5.89. The van der Waals surface area contributed by atoms with Gasteiger partial charge in [-0.1, -0.05) is 73.9 Å². The number of ether oxygens (including phenoxy) is 2. The molecule has 0 spiro atoms. The molecule has 37 heavy (non-hydrogen) atoms. The van der Waals surface area contributed by atoms with Crippen molar-refractivity contribution in [2.45, 2.75) is 44.2 Å². The first-order valence-corrected chi connectivity index (χ1v) is 13.4. The summed E-state index contributed by atoms with van der Waals surface area (Å²) >= 11 is 0. The molecule has 1 saturated heterocycles. The van der Waals surface area contributed by atoms with Crippen LogP contribution in [0.2, 0.25) is 0 Å². The average molecular weight is 503 g/mol. The maximum Gasteiger partial charge on any atom is 0.173 e. The Bertz CT molecular complexity index is 1150. The lowest BCUT2D eigenvalue weighted by molar-refractivity contribution is 0.109. The van der Waals surface area contributed by atoms with Crippen LogP contribution in [0.15, 0.2) is 54.6 Å². The molecule has 1 aliphatic heterocycles. The zero-order valence-electron chi connectivity index (χ0n) is 22.0. The number of tetrazole rings is 1. The van der Waals surface area contributed by atoms with Crippen LogP contribution >= 0.6 is 0 Å². The molecular weight excluding hydrogens is 464 g/mol. The number of methoxy groups -OCH3 is 2. The zero-order valence-corrected chi connectivity index (χ0v) is 22.0.